The average molecular weight is 276 g/mol. The van der Waals surface area contributed by atoms with Gasteiger partial charge in [-0.25, -0.2) is 4.79 Å². The smallest absolute Gasteiger partial charge is 0.315 e. The van der Waals surface area contributed by atoms with E-state index in [4.69, 9.17) is 4.74 Å². The van der Waals surface area contributed by atoms with Gasteiger partial charge in [0.25, 0.3) is 0 Å². The highest BCUT2D eigenvalue weighted by molar-refractivity contribution is 5.74. The summed E-state index contributed by atoms with van der Waals surface area (Å²) in [6.07, 6.45) is 3.14. The van der Waals surface area contributed by atoms with E-state index in [1.807, 2.05) is 19.1 Å². The van der Waals surface area contributed by atoms with Gasteiger partial charge < -0.3 is 15.4 Å². The minimum Gasteiger partial charge on any atom is -0.376 e. The largest absolute Gasteiger partial charge is 0.376 e. The summed E-state index contributed by atoms with van der Waals surface area (Å²) in [4.78, 5) is 11.8. The van der Waals surface area contributed by atoms with E-state index in [1.165, 1.54) is 11.1 Å². The van der Waals surface area contributed by atoms with Gasteiger partial charge in [0.15, 0.2) is 0 Å². The minimum atomic E-state index is -0.110. The van der Waals surface area contributed by atoms with E-state index in [1.54, 1.807) is 0 Å². The van der Waals surface area contributed by atoms with E-state index in [-0.39, 0.29) is 18.2 Å². The Morgan fingerprint density at radius 3 is 2.95 bits per heavy atom. The van der Waals surface area contributed by atoms with Crippen molar-refractivity contribution in [1.82, 2.24) is 10.6 Å². The van der Waals surface area contributed by atoms with Crippen LogP contribution in [0.15, 0.2) is 24.3 Å². The fraction of sp³-hybridized carbons (Fsp3) is 0.562. The molecule has 1 aromatic carbocycles. The van der Waals surface area contributed by atoms with Crippen LogP contribution in [0.3, 0.4) is 0 Å². The molecular formula is C16H24N2O2. The van der Waals surface area contributed by atoms with Crippen LogP contribution in [0.5, 0.6) is 0 Å². The van der Waals surface area contributed by atoms with Crippen LogP contribution in [0.2, 0.25) is 0 Å². The number of carbonyl (C=O) groups excluding carboxylic acids is 1. The van der Waals surface area contributed by atoms with E-state index in [0.717, 1.165) is 25.9 Å². The predicted octanol–water partition coefficient (Wildman–Crippen LogP) is 2.40. The zero-order chi connectivity index (χ0) is 14.4. The second-order valence-corrected chi connectivity index (χ2v) is 5.42. The Morgan fingerprint density at radius 2 is 2.25 bits per heavy atom. The van der Waals surface area contributed by atoms with Crippen LogP contribution in [0, 0.1) is 6.92 Å². The number of carbonyl (C=O) groups is 1. The average Bonchev–Trinajstić information content (AvgIpc) is 2.95. The highest BCUT2D eigenvalue weighted by Gasteiger charge is 2.23. The minimum absolute atomic E-state index is 0.0657. The van der Waals surface area contributed by atoms with Gasteiger partial charge in [0, 0.05) is 13.2 Å². The van der Waals surface area contributed by atoms with Crippen LogP contribution >= 0.6 is 0 Å². The first kappa shape index (κ1) is 14.9. The zero-order valence-electron chi connectivity index (χ0n) is 12.3. The normalized spacial score (nSPS) is 19.6. The summed E-state index contributed by atoms with van der Waals surface area (Å²) in [6, 6.07) is 8.21. The molecule has 1 aliphatic heterocycles. The van der Waals surface area contributed by atoms with Gasteiger partial charge in [0.05, 0.1) is 12.1 Å². The van der Waals surface area contributed by atoms with Crippen molar-refractivity contribution in [3.05, 3.63) is 35.4 Å². The molecule has 1 aliphatic rings. The first-order valence-electron chi connectivity index (χ1n) is 7.37. The molecule has 20 heavy (non-hydrogen) atoms. The summed E-state index contributed by atoms with van der Waals surface area (Å²) in [5.74, 6) is 0. The Kier molecular flexibility index (Phi) is 5.41. The Balaban J connectivity index is 1.68. The van der Waals surface area contributed by atoms with Gasteiger partial charge >= 0.3 is 6.03 Å². The summed E-state index contributed by atoms with van der Waals surface area (Å²) in [5, 5.41) is 5.85. The van der Waals surface area contributed by atoms with E-state index in [9.17, 15) is 4.79 Å². The summed E-state index contributed by atoms with van der Waals surface area (Å²) in [5.41, 5.74) is 2.54. The molecule has 2 N–H and O–H groups in total. The molecule has 0 aromatic heterocycles. The van der Waals surface area contributed by atoms with E-state index >= 15 is 0 Å². The van der Waals surface area contributed by atoms with Crippen molar-refractivity contribution in [1.29, 1.82) is 0 Å². The zero-order valence-corrected chi connectivity index (χ0v) is 12.3. The third-order valence-corrected chi connectivity index (χ3v) is 3.82. The number of hydrogen-bond donors (Lipinski definition) is 2. The molecule has 1 heterocycles. The molecule has 0 aliphatic carbocycles. The van der Waals surface area contributed by atoms with Crippen molar-refractivity contribution in [3.63, 3.8) is 0 Å². The number of ether oxygens (including phenoxy) is 1. The van der Waals surface area contributed by atoms with Crippen LogP contribution in [-0.4, -0.2) is 31.3 Å². The van der Waals surface area contributed by atoms with Crippen molar-refractivity contribution < 1.29 is 9.53 Å². The van der Waals surface area contributed by atoms with Crippen LogP contribution in [0.25, 0.3) is 0 Å². The quantitative estimate of drug-likeness (QED) is 0.867. The Hall–Kier alpha value is -1.55. The number of amides is 2. The first-order chi connectivity index (χ1) is 9.66. The van der Waals surface area contributed by atoms with Crippen LogP contribution in [0.1, 0.15) is 30.9 Å². The summed E-state index contributed by atoms with van der Waals surface area (Å²) in [6.45, 7) is 5.55. The topological polar surface area (TPSA) is 50.4 Å². The lowest BCUT2D eigenvalue weighted by Gasteiger charge is -2.20. The summed E-state index contributed by atoms with van der Waals surface area (Å²) < 4.78 is 5.56. The van der Waals surface area contributed by atoms with Gasteiger partial charge in [0.1, 0.15) is 0 Å². The molecule has 4 nitrogen and oxygen atoms in total. The maximum atomic E-state index is 11.8. The molecule has 0 unspecified atom stereocenters. The monoisotopic (exact) mass is 276 g/mol. The first-order valence-corrected chi connectivity index (χ1v) is 7.37. The lowest BCUT2D eigenvalue weighted by atomic mass is 10.1. The molecule has 0 bridgehead atoms. The van der Waals surface area contributed by atoms with Crippen molar-refractivity contribution >= 4 is 6.03 Å². The molecule has 2 amide bonds. The number of rotatable bonds is 5. The van der Waals surface area contributed by atoms with Crippen molar-refractivity contribution in [3.8, 4) is 0 Å². The number of urea groups is 1. The fourth-order valence-corrected chi connectivity index (χ4v) is 2.55. The summed E-state index contributed by atoms with van der Waals surface area (Å²) in [7, 11) is 0. The maximum absolute atomic E-state index is 11.8. The Bertz CT molecular complexity index is 442. The highest BCUT2D eigenvalue weighted by Crippen LogP contribution is 2.15. The molecular weight excluding hydrogens is 252 g/mol. The lowest BCUT2D eigenvalue weighted by molar-refractivity contribution is 0.0860. The number of aryl methyl sites for hydroxylation is 1. The predicted molar refractivity (Wildman–Crippen MR) is 79.9 cm³/mol. The van der Waals surface area contributed by atoms with Crippen LogP contribution < -0.4 is 10.6 Å². The van der Waals surface area contributed by atoms with Crippen molar-refractivity contribution in [2.45, 2.75) is 45.3 Å². The van der Waals surface area contributed by atoms with E-state index in [2.05, 4.69) is 29.7 Å². The van der Waals surface area contributed by atoms with Gasteiger partial charge in [-0.1, -0.05) is 24.3 Å². The standard InChI is InChI=1S/C16H24N2O2/c1-12-6-3-4-7-14(12)9-10-17-16(19)18-13(2)15-8-5-11-20-15/h3-4,6-7,13,15H,5,8-11H2,1-2H3,(H2,17,18,19)/t13-,15-/m1/s1. The molecule has 2 rings (SSSR count). The van der Waals surface area contributed by atoms with Gasteiger partial charge in [-0.05, 0) is 44.2 Å². The van der Waals surface area contributed by atoms with Gasteiger partial charge in [-0.2, -0.15) is 0 Å². The van der Waals surface area contributed by atoms with Gasteiger partial charge in [0.2, 0.25) is 0 Å². The molecule has 0 saturated carbocycles. The molecule has 0 radical (unpaired) electrons. The van der Waals surface area contributed by atoms with Crippen molar-refractivity contribution in [2.24, 2.45) is 0 Å². The fourth-order valence-electron chi connectivity index (χ4n) is 2.55. The lowest BCUT2D eigenvalue weighted by Crippen LogP contribution is -2.46. The molecule has 0 spiro atoms. The van der Waals surface area contributed by atoms with Crippen LogP contribution in [0.4, 0.5) is 4.79 Å². The van der Waals surface area contributed by atoms with E-state index in [0.29, 0.717) is 6.54 Å². The van der Waals surface area contributed by atoms with Gasteiger partial charge in [-0.15, -0.1) is 0 Å². The number of benzene rings is 1. The molecule has 4 heteroatoms. The molecule has 2 atom stereocenters. The number of hydrogen-bond acceptors (Lipinski definition) is 2. The second-order valence-electron chi connectivity index (χ2n) is 5.42. The third-order valence-electron chi connectivity index (χ3n) is 3.82. The van der Waals surface area contributed by atoms with Gasteiger partial charge in [-0.3, -0.25) is 0 Å². The van der Waals surface area contributed by atoms with Crippen LogP contribution in [-0.2, 0) is 11.2 Å². The maximum Gasteiger partial charge on any atom is 0.315 e. The number of nitrogens with one attached hydrogen (secondary N) is 2. The molecule has 110 valence electrons. The van der Waals surface area contributed by atoms with Crippen molar-refractivity contribution in [2.75, 3.05) is 13.2 Å². The summed E-state index contributed by atoms with van der Waals surface area (Å²) >= 11 is 0. The Morgan fingerprint density at radius 1 is 1.45 bits per heavy atom. The third kappa shape index (κ3) is 4.23. The SMILES string of the molecule is Cc1ccccc1CCNC(=O)N[C@H](C)[C@H]1CCCO1. The highest BCUT2D eigenvalue weighted by atomic mass is 16.5. The molecule has 1 saturated heterocycles. The molecule has 1 fully saturated rings. The second kappa shape index (κ2) is 7.29. The van der Waals surface area contributed by atoms with E-state index < -0.39 is 0 Å². The Labute approximate surface area is 120 Å². The molecule has 1 aromatic rings.